The number of ether oxygens (including phenoxy) is 3. The number of aliphatic hydroxyl groups excluding tert-OH is 1. The highest BCUT2D eigenvalue weighted by molar-refractivity contribution is 5.15. The van der Waals surface area contributed by atoms with E-state index >= 15 is 0 Å². The normalized spacial score (nSPS) is 34.0. The second-order valence-electron chi connectivity index (χ2n) is 5.73. The summed E-state index contributed by atoms with van der Waals surface area (Å²) in [5.41, 5.74) is 1.18. The number of hydrogen-bond donors (Lipinski definition) is 3. The fraction of sp³-hybridized carbons (Fsp3) is 0.625. The molecule has 0 radical (unpaired) electrons. The molecule has 0 spiro atoms. The molecule has 2 bridgehead atoms. The monoisotopic (exact) mass is 308 g/mol. The maximum atomic E-state index is 10.7. The Bertz CT molecular complexity index is 459. The van der Waals surface area contributed by atoms with Crippen LogP contribution in [0.4, 0.5) is 0 Å². The van der Waals surface area contributed by atoms with Gasteiger partial charge in [-0.1, -0.05) is 30.3 Å². The summed E-state index contributed by atoms with van der Waals surface area (Å²) < 4.78 is 16.5. The van der Waals surface area contributed by atoms with Crippen molar-refractivity contribution in [3.05, 3.63) is 35.9 Å². The number of aliphatic hydroxyl groups is 1. The van der Waals surface area contributed by atoms with E-state index in [0.29, 0.717) is 26.3 Å². The molecule has 6 heteroatoms. The Morgan fingerprint density at radius 1 is 1.23 bits per heavy atom. The number of hydrogen-bond acceptors (Lipinski definition) is 6. The van der Waals surface area contributed by atoms with Crippen LogP contribution in [0.5, 0.6) is 0 Å². The molecule has 122 valence electrons. The molecule has 0 amide bonds. The predicted octanol–water partition coefficient (Wildman–Crippen LogP) is -0.135. The molecular weight excluding hydrogens is 284 g/mol. The first-order chi connectivity index (χ1) is 10.8. The highest BCUT2D eigenvalue weighted by Gasteiger charge is 2.49. The lowest BCUT2D eigenvalue weighted by atomic mass is 9.95. The maximum Gasteiger partial charge on any atom is 0.176 e. The number of rotatable bonds is 7. The van der Waals surface area contributed by atoms with E-state index in [1.807, 2.05) is 18.2 Å². The minimum Gasteiger partial charge on any atom is -0.390 e. The van der Waals surface area contributed by atoms with E-state index < -0.39 is 6.10 Å². The third kappa shape index (κ3) is 3.48. The first-order valence-corrected chi connectivity index (χ1v) is 7.74. The molecule has 6 nitrogen and oxygen atoms in total. The van der Waals surface area contributed by atoms with Crippen molar-refractivity contribution in [2.75, 3.05) is 26.9 Å². The molecule has 0 saturated carbocycles. The molecule has 2 aliphatic heterocycles. The van der Waals surface area contributed by atoms with Gasteiger partial charge in [-0.2, -0.15) is 0 Å². The second-order valence-corrected chi connectivity index (χ2v) is 5.73. The van der Waals surface area contributed by atoms with Crippen LogP contribution in [0.25, 0.3) is 0 Å². The average Bonchev–Trinajstić information content (AvgIpc) is 2.97. The molecular formula is C16H24N2O4. The summed E-state index contributed by atoms with van der Waals surface area (Å²) in [6, 6.07) is 9.73. The van der Waals surface area contributed by atoms with Crippen LogP contribution in [-0.2, 0) is 20.8 Å². The Morgan fingerprint density at radius 3 is 2.82 bits per heavy atom. The summed E-state index contributed by atoms with van der Waals surface area (Å²) in [6.07, 6.45) is -1.05. The van der Waals surface area contributed by atoms with Gasteiger partial charge in [-0.25, -0.2) is 0 Å². The largest absolute Gasteiger partial charge is 0.390 e. The van der Waals surface area contributed by atoms with Gasteiger partial charge >= 0.3 is 0 Å². The van der Waals surface area contributed by atoms with Crippen molar-refractivity contribution in [2.24, 2.45) is 0 Å². The van der Waals surface area contributed by atoms with Crippen LogP contribution in [-0.4, -0.2) is 62.6 Å². The molecule has 2 heterocycles. The topological polar surface area (TPSA) is 72.0 Å². The Morgan fingerprint density at radius 2 is 2.05 bits per heavy atom. The first-order valence-electron chi connectivity index (χ1n) is 7.74. The van der Waals surface area contributed by atoms with E-state index in [4.69, 9.17) is 14.2 Å². The van der Waals surface area contributed by atoms with Gasteiger partial charge in [0.2, 0.25) is 0 Å². The Labute approximate surface area is 130 Å². The van der Waals surface area contributed by atoms with E-state index in [1.165, 1.54) is 5.56 Å². The molecule has 3 N–H and O–H groups in total. The lowest BCUT2D eigenvalue weighted by molar-refractivity contribution is -0.153. The van der Waals surface area contributed by atoms with Crippen LogP contribution in [0.15, 0.2) is 30.3 Å². The maximum absolute atomic E-state index is 10.7. The molecule has 3 rings (SSSR count). The minimum atomic E-state index is -0.563. The summed E-state index contributed by atoms with van der Waals surface area (Å²) in [7, 11) is 1.65. The van der Waals surface area contributed by atoms with Crippen LogP contribution in [0.1, 0.15) is 5.56 Å². The molecule has 1 aromatic rings. The Kier molecular flexibility index (Phi) is 5.41. The standard InChI is InChI=1S/C16H24N2O4/c1-20-8-7-17-14-15(19)13(12-10-21-16(14)22-12)18-9-11-5-3-2-4-6-11/h2-6,12-19H,7-10H2,1H3/t12-,13+,14-,15-,16+/m0/s1. The second kappa shape index (κ2) is 7.50. The van der Waals surface area contributed by atoms with Gasteiger partial charge in [0.15, 0.2) is 6.29 Å². The molecule has 2 aliphatic rings. The Balaban J connectivity index is 1.60. The highest BCUT2D eigenvalue weighted by Crippen LogP contribution is 2.28. The lowest BCUT2D eigenvalue weighted by Gasteiger charge is -2.39. The number of benzene rings is 1. The smallest absolute Gasteiger partial charge is 0.176 e. The number of nitrogens with one attached hydrogen (secondary N) is 2. The molecule has 0 unspecified atom stereocenters. The Hall–Kier alpha value is -1.02. The van der Waals surface area contributed by atoms with Gasteiger partial charge in [0.05, 0.1) is 31.4 Å². The van der Waals surface area contributed by atoms with E-state index in [1.54, 1.807) is 7.11 Å². The summed E-state index contributed by atoms with van der Waals surface area (Å²) in [5.74, 6) is 0. The molecule has 2 saturated heterocycles. The fourth-order valence-electron chi connectivity index (χ4n) is 3.05. The third-order valence-electron chi connectivity index (χ3n) is 4.23. The zero-order valence-corrected chi connectivity index (χ0v) is 12.8. The summed E-state index contributed by atoms with van der Waals surface area (Å²) in [6.45, 7) is 2.44. The van der Waals surface area contributed by atoms with Crippen LogP contribution in [0.2, 0.25) is 0 Å². The van der Waals surface area contributed by atoms with Gasteiger partial charge in [-0.15, -0.1) is 0 Å². The summed E-state index contributed by atoms with van der Waals surface area (Å²) in [4.78, 5) is 0. The van der Waals surface area contributed by atoms with Gasteiger partial charge in [0.1, 0.15) is 6.10 Å². The van der Waals surface area contributed by atoms with Crippen molar-refractivity contribution in [3.8, 4) is 0 Å². The van der Waals surface area contributed by atoms with Crippen LogP contribution < -0.4 is 10.6 Å². The molecule has 0 aliphatic carbocycles. The quantitative estimate of drug-likeness (QED) is 0.609. The third-order valence-corrected chi connectivity index (χ3v) is 4.23. The zero-order valence-electron chi connectivity index (χ0n) is 12.8. The number of fused-ring (bicyclic) bond motifs is 2. The van der Waals surface area contributed by atoms with Crippen molar-refractivity contribution in [2.45, 2.75) is 37.1 Å². The molecule has 2 fully saturated rings. The van der Waals surface area contributed by atoms with Crippen molar-refractivity contribution in [3.63, 3.8) is 0 Å². The van der Waals surface area contributed by atoms with E-state index in [0.717, 1.165) is 0 Å². The predicted molar refractivity (Wildman–Crippen MR) is 81.4 cm³/mol. The highest BCUT2D eigenvalue weighted by atomic mass is 16.7. The van der Waals surface area contributed by atoms with Gasteiger partial charge in [0, 0.05) is 20.2 Å². The summed E-state index contributed by atoms with van der Waals surface area (Å²) in [5, 5.41) is 17.3. The minimum absolute atomic E-state index is 0.107. The van der Waals surface area contributed by atoms with Gasteiger partial charge < -0.3 is 30.0 Å². The van der Waals surface area contributed by atoms with E-state index in [2.05, 4.69) is 22.8 Å². The van der Waals surface area contributed by atoms with Crippen molar-refractivity contribution >= 4 is 0 Å². The lowest BCUT2D eigenvalue weighted by Crippen LogP contribution is -2.63. The SMILES string of the molecule is COCCN[C@@H]1[C@@H]2OC[C@H](O2)[C@@H](NCc2ccccc2)[C@@H]1O. The van der Waals surface area contributed by atoms with E-state index in [-0.39, 0.29) is 24.5 Å². The molecule has 0 aromatic heterocycles. The van der Waals surface area contributed by atoms with Crippen LogP contribution >= 0.6 is 0 Å². The van der Waals surface area contributed by atoms with Gasteiger partial charge in [-0.3, -0.25) is 0 Å². The molecule has 22 heavy (non-hydrogen) atoms. The van der Waals surface area contributed by atoms with Crippen LogP contribution in [0.3, 0.4) is 0 Å². The average molecular weight is 308 g/mol. The van der Waals surface area contributed by atoms with Crippen molar-refractivity contribution in [1.29, 1.82) is 0 Å². The van der Waals surface area contributed by atoms with E-state index in [9.17, 15) is 5.11 Å². The molecule has 1 aromatic carbocycles. The fourth-order valence-corrected chi connectivity index (χ4v) is 3.05. The van der Waals surface area contributed by atoms with Crippen molar-refractivity contribution in [1.82, 2.24) is 10.6 Å². The van der Waals surface area contributed by atoms with Crippen LogP contribution in [0, 0.1) is 0 Å². The molecule has 5 atom stereocenters. The van der Waals surface area contributed by atoms with Gasteiger partial charge in [-0.05, 0) is 5.56 Å². The first kappa shape index (κ1) is 15.9. The zero-order chi connectivity index (χ0) is 15.4. The summed E-state index contributed by atoms with van der Waals surface area (Å²) >= 11 is 0. The van der Waals surface area contributed by atoms with Gasteiger partial charge in [0.25, 0.3) is 0 Å². The van der Waals surface area contributed by atoms with Crippen molar-refractivity contribution < 1.29 is 19.3 Å². The number of methoxy groups -OCH3 is 1.